The standard InChI is InChI=1S/C17H32N2O2/c1-12(2)14-6-9-19(10-7-14)15-5-8-17(11-15,16(20)21)18-13(3)4/h12-15,18H,5-11H2,1-4H3,(H,20,21). The molecule has 0 aromatic heterocycles. The minimum Gasteiger partial charge on any atom is -0.480 e. The van der Waals surface area contributed by atoms with E-state index in [0.717, 1.165) is 44.2 Å². The predicted molar refractivity (Wildman–Crippen MR) is 85.4 cm³/mol. The van der Waals surface area contributed by atoms with Gasteiger partial charge in [0.25, 0.3) is 0 Å². The second-order valence-corrected chi connectivity index (χ2v) is 7.70. The molecule has 1 saturated heterocycles. The molecule has 0 amide bonds. The highest BCUT2D eigenvalue weighted by molar-refractivity contribution is 5.79. The first-order valence-corrected chi connectivity index (χ1v) is 8.59. The maximum Gasteiger partial charge on any atom is 0.323 e. The molecule has 2 fully saturated rings. The molecule has 1 heterocycles. The summed E-state index contributed by atoms with van der Waals surface area (Å²) in [5.74, 6) is 0.952. The number of hydrogen-bond donors (Lipinski definition) is 2. The van der Waals surface area contributed by atoms with Gasteiger partial charge in [0.2, 0.25) is 0 Å². The Morgan fingerprint density at radius 1 is 1.19 bits per heavy atom. The largest absolute Gasteiger partial charge is 0.480 e. The monoisotopic (exact) mass is 296 g/mol. The number of rotatable bonds is 5. The van der Waals surface area contributed by atoms with Crippen molar-refractivity contribution >= 4 is 5.97 Å². The Labute approximate surface area is 129 Å². The quantitative estimate of drug-likeness (QED) is 0.819. The van der Waals surface area contributed by atoms with Crippen molar-refractivity contribution in [2.45, 2.75) is 77.4 Å². The van der Waals surface area contributed by atoms with Crippen molar-refractivity contribution in [3.63, 3.8) is 0 Å². The van der Waals surface area contributed by atoms with Gasteiger partial charge < -0.3 is 10.0 Å². The molecule has 1 aliphatic heterocycles. The number of aliphatic carboxylic acids is 1. The van der Waals surface area contributed by atoms with Crippen molar-refractivity contribution in [3.8, 4) is 0 Å². The van der Waals surface area contributed by atoms with Crippen molar-refractivity contribution in [1.82, 2.24) is 10.2 Å². The van der Waals surface area contributed by atoms with Crippen LogP contribution >= 0.6 is 0 Å². The summed E-state index contributed by atoms with van der Waals surface area (Å²) in [7, 11) is 0. The van der Waals surface area contributed by atoms with Gasteiger partial charge in [0.15, 0.2) is 0 Å². The van der Waals surface area contributed by atoms with Gasteiger partial charge in [0, 0.05) is 12.1 Å². The van der Waals surface area contributed by atoms with Crippen LogP contribution in [0, 0.1) is 11.8 Å². The second kappa shape index (κ2) is 6.66. The topological polar surface area (TPSA) is 52.6 Å². The van der Waals surface area contributed by atoms with E-state index >= 15 is 0 Å². The number of nitrogens with zero attached hydrogens (tertiary/aromatic N) is 1. The highest BCUT2D eigenvalue weighted by Crippen LogP contribution is 2.36. The Balaban J connectivity index is 1.94. The zero-order valence-corrected chi connectivity index (χ0v) is 14.1. The van der Waals surface area contributed by atoms with Gasteiger partial charge in [-0.3, -0.25) is 10.1 Å². The number of carbonyl (C=O) groups is 1. The molecule has 0 bridgehead atoms. The summed E-state index contributed by atoms with van der Waals surface area (Å²) in [5, 5.41) is 13.0. The first kappa shape index (κ1) is 16.8. The summed E-state index contributed by atoms with van der Waals surface area (Å²) in [4.78, 5) is 14.3. The van der Waals surface area contributed by atoms with E-state index in [1.54, 1.807) is 0 Å². The average Bonchev–Trinajstić information content (AvgIpc) is 2.83. The molecule has 1 aliphatic carbocycles. The molecule has 0 aromatic rings. The van der Waals surface area contributed by atoms with Crippen LogP contribution < -0.4 is 5.32 Å². The molecule has 21 heavy (non-hydrogen) atoms. The SMILES string of the molecule is CC(C)NC1(C(=O)O)CCC(N2CCC(C(C)C)CC2)C1. The Kier molecular flexibility index (Phi) is 5.31. The summed E-state index contributed by atoms with van der Waals surface area (Å²) >= 11 is 0. The van der Waals surface area contributed by atoms with E-state index in [-0.39, 0.29) is 6.04 Å². The van der Waals surface area contributed by atoms with Crippen LogP contribution in [0.15, 0.2) is 0 Å². The van der Waals surface area contributed by atoms with E-state index in [1.165, 1.54) is 12.8 Å². The maximum atomic E-state index is 11.7. The Morgan fingerprint density at radius 3 is 2.29 bits per heavy atom. The normalized spacial score (nSPS) is 32.2. The molecule has 2 N–H and O–H groups in total. The molecule has 122 valence electrons. The van der Waals surface area contributed by atoms with E-state index in [2.05, 4.69) is 24.1 Å². The van der Waals surface area contributed by atoms with Crippen LogP contribution in [0.5, 0.6) is 0 Å². The summed E-state index contributed by atoms with van der Waals surface area (Å²) in [6.07, 6.45) is 5.07. The third-order valence-electron chi connectivity index (χ3n) is 5.50. The minimum atomic E-state index is -0.701. The van der Waals surface area contributed by atoms with E-state index in [1.807, 2.05) is 13.8 Å². The first-order chi connectivity index (χ1) is 9.84. The van der Waals surface area contributed by atoms with Crippen molar-refractivity contribution < 1.29 is 9.90 Å². The van der Waals surface area contributed by atoms with E-state index in [9.17, 15) is 9.90 Å². The van der Waals surface area contributed by atoms with Crippen LogP contribution in [0.3, 0.4) is 0 Å². The van der Waals surface area contributed by atoms with Gasteiger partial charge in [-0.2, -0.15) is 0 Å². The van der Waals surface area contributed by atoms with Crippen LogP contribution in [-0.4, -0.2) is 46.7 Å². The van der Waals surface area contributed by atoms with Crippen molar-refractivity contribution in [2.75, 3.05) is 13.1 Å². The van der Waals surface area contributed by atoms with Gasteiger partial charge in [-0.15, -0.1) is 0 Å². The highest BCUT2D eigenvalue weighted by atomic mass is 16.4. The van der Waals surface area contributed by atoms with Gasteiger partial charge in [-0.05, 0) is 70.9 Å². The summed E-state index contributed by atoms with van der Waals surface area (Å²) < 4.78 is 0. The Bertz CT molecular complexity index is 362. The maximum absolute atomic E-state index is 11.7. The Morgan fingerprint density at radius 2 is 1.81 bits per heavy atom. The number of likely N-dealkylation sites (tertiary alicyclic amines) is 1. The molecule has 0 radical (unpaired) electrons. The lowest BCUT2D eigenvalue weighted by Crippen LogP contribution is -2.54. The van der Waals surface area contributed by atoms with Crippen LogP contribution in [-0.2, 0) is 4.79 Å². The molecule has 1 saturated carbocycles. The van der Waals surface area contributed by atoms with Gasteiger partial charge in [-0.1, -0.05) is 13.8 Å². The van der Waals surface area contributed by atoms with E-state index in [0.29, 0.717) is 6.04 Å². The molecule has 2 atom stereocenters. The van der Waals surface area contributed by atoms with E-state index in [4.69, 9.17) is 0 Å². The third kappa shape index (κ3) is 3.78. The summed E-state index contributed by atoms with van der Waals surface area (Å²) in [6, 6.07) is 0.659. The van der Waals surface area contributed by atoms with E-state index < -0.39 is 11.5 Å². The number of carboxylic acids is 1. The van der Waals surface area contributed by atoms with Crippen molar-refractivity contribution in [1.29, 1.82) is 0 Å². The van der Waals surface area contributed by atoms with Crippen LogP contribution in [0.25, 0.3) is 0 Å². The fourth-order valence-corrected chi connectivity index (χ4v) is 4.22. The second-order valence-electron chi connectivity index (χ2n) is 7.70. The van der Waals surface area contributed by atoms with Crippen LogP contribution in [0.2, 0.25) is 0 Å². The van der Waals surface area contributed by atoms with Crippen molar-refractivity contribution in [2.24, 2.45) is 11.8 Å². The van der Waals surface area contributed by atoms with Crippen LogP contribution in [0.4, 0.5) is 0 Å². The zero-order chi connectivity index (χ0) is 15.6. The van der Waals surface area contributed by atoms with Gasteiger partial charge >= 0.3 is 5.97 Å². The van der Waals surface area contributed by atoms with Gasteiger partial charge in [-0.25, -0.2) is 0 Å². The lowest BCUT2D eigenvalue weighted by molar-refractivity contribution is -0.145. The fraction of sp³-hybridized carbons (Fsp3) is 0.941. The molecule has 2 unspecified atom stereocenters. The first-order valence-electron chi connectivity index (χ1n) is 8.59. The number of hydrogen-bond acceptors (Lipinski definition) is 3. The molecule has 0 spiro atoms. The summed E-state index contributed by atoms with van der Waals surface area (Å²) in [5.41, 5.74) is -0.701. The number of nitrogens with one attached hydrogen (secondary N) is 1. The Hall–Kier alpha value is -0.610. The molecule has 2 aliphatic rings. The zero-order valence-electron chi connectivity index (χ0n) is 14.1. The van der Waals surface area contributed by atoms with Crippen LogP contribution in [0.1, 0.15) is 59.8 Å². The minimum absolute atomic E-state index is 0.214. The molecule has 4 heteroatoms. The lowest BCUT2D eigenvalue weighted by Gasteiger charge is -2.38. The number of piperidine rings is 1. The molecular formula is C17H32N2O2. The predicted octanol–water partition coefficient (Wildman–Crippen LogP) is 2.73. The molecular weight excluding hydrogens is 264 g/mol. The molecule has 4 nitrogen and oxygen atoms in total. The lowest BCUT2D eigenvalue weighted by atomic mass is 9.86. The highest BCUT2D eigenvalue weighted by Gasteiger charge is 2.47. The smallest absolute Gasteiger partial charge is 0.323 e. The van der Waals surface area contributed by atoms with Gasteiger partial charge in [0.05, 0.1) is 0 Å². The van der Waals surface area contributed by atoms with Crippen molar-refractivity contribution in [3.05, 3.63) is 0 Å². The number of carboxylic acid groups (broad SMARTS) is 1. The third-order valence-corrected chi connectivity index (χ3v) is 5.50. The molecule has 2 rings (SSSR count). The summed E-state index contributed by atoms with van der Waals surface area (Å²) in [6.45, 7) is 11.0. The fourth-order valence-electron chi connectivity index (χ4n) is 4.22. The molecule has 0 aromatic carbocycles. The van der Waals surface area contributed by atoms with Gasteiger partial charge in [0.1, 0.15) is 5.54 Å². The average molecular weight is 296 g/mol.